The summed E-state index contributed by atoms with van der Waals surface area (Å²) in [7, 11) is -0.824. The van der Waals surface area contributed by atoms with Crippen molar-refractivity contribution in [1.82, 2.24) is 4.72 Å². The molecule has 0 fully saturated rings. The molecule has 6 nitrogen and oxygen atoms in total. The Hall–Kier alpha value is -1.02. The van der Waals surface area contributed by atoms with Crippen molar-refractivity contribution in [2.45, 2.75) is 37.1 Å². The number of hydrogen-bond donors (Lipinski definition) is 2. The molecular weight excluding hydrogens is 328 g/mol. The van der Waals surface area contributed by atoms with E-state index in [0.717, 1.165) is 0 Å². The van der Waals surface area contributed by atoms with Gasteiger partial charge in [0.25, 0.3) is 0 Å². The number of halogens is 1. The van der Waals surface area contributed by atoms with E-state index in [4.69, 9.17) is 15.2 Å². The summed E-state index contributed by atoms with van der Waals surface area (Å²) in [4.78, 5) is 0.0407. The maximum Gasteiger partial charge on any atom is 0.244 e. The van der Waals surface area contributed by atoms with Crippen LogP contribution in [0.4, 0.5) is 0 Å². The van der Waals surface area contributed by atoms with E-state index in [-0.39, 0.29) is 29.6 Å². The summed E-state index contributed by atoms with van der Waals surface area (Å²) in [5.74, 6) is 0.708. The zero-order chi connectivity index (χ0) is 16.1. The van der Waals surface area contributed by atoms with Crippen molar-refractivity contribution in [3.05, 3.63) is 18.2 Å². The first-order valence-corrected chi connectivity index (χ1v) is 8.30. The minimum Gasteiger partial charge on any atom is -0.497 e. The first-order chi connectivity index (χ1) is 9.81. The van der Waals surface area contributed by atoms with Gasteiger partial charge in [-0.2, -0.15) is 0 Å². The third kappa shape index (κ3) is 5.01. The maximum atomic E-state index is 12.5. The van der Waals surface area contributed by atoms with Crippen LogP contribution in [0.2, 0.25) is 0 Å². The van der Waals surface area contributed by atoms with Crippen LogP contribution in [0.15, 0.2) is 23.1 Å². The molecule has 128 valence electrons. The van der Waals surface area contributed by atoms with Crippen molar-refractivity contribution < 1.29 is 17.9 Å². The third-order valence-electron chi connectivity index (χ3n) is 3.68. The quantitative estimate of drug-likeness (QED) is 0.746. The molecule has 0 spiro atoms. The Bertz CT molecular complexity index is 574. The summed E-state index contributed by atoms with van der Waals surface area (Å²) >= 11 is 0. The molecule has 0 aromatic heterocycles. The minimum absolute atomic E-state index is 0. The lowest BCUT2D eigenvalue weighted by atomic mass is 9.95. The van der Waals surface area contributed by atoms with Crippen molar-refractivity contribution in [3.63, 3.8) is 0 Å². The smallest absolute Gasteiger partial charge is 0.244 e. The lowest BCUT2D eigenvalue weighted by Gasteiger charge is -2.26. The van der Waals surface area contributed by atoms with E-state index in [1.807, 2.05) is 13.8 Å². The topological polar surface area (TPSA) is 90.7 Å². The second kappa shape index (κ2) is 8.57. The highest BCUT2D eigenvalue weighted by molar-refractivity contribution is 7.89. The molecule has 0 saturated heterocycles. The van der Waals surface area contributed by atoms with E-state index in [1.54, 1.807) is 12.1 Å². The van der Waals surface area contributed by atoms with Gasteiger partial charge >= 0.3 is 0 Å². The van der Waals surface area contributed by atoms with E-state index < -0.39 is 15.6 Å². The lowest BCUT2D eigenvalue weighted by molar-refractivity contribution is 0.385. The van der Waals surface area contributed by atoms with E-state index in [1.165, 1.54) is 20.3 Å². The Morgan fingerprint density at radius 2 is 1.77 bits per heavy atom. The molecular formula is C14H25ClN2O4S. The van der Waals surface area contributed by atoms with E-state index in [0.29, 0.717) is 18.6 Å². The van der Waals surface area contributed by atoms with Crippen LogP contribution in [-0.2, 0) is 10.0 Å². The molecule has 0 bridgehead atoms. The Balaban J connectivity index is 0.00000441. The molecule has 3 N–H and O–H groups in total. The Morgan fingerprint density at radius 3 is 2.23 bits per heavy atom. The molecule has 0 aliphatic rings. The molecule has 0 aliphatic carbocycles. The first-order valence-electron chi connectivity index (χ1n) is 6.82. The monoisotopic (exact) mass is 352 g/mol. The van der Waals surface area contributed by atoms with Gasteiger partial charge in [0.1, 0.15) is 16.4 Å². The van der Waals surface area contributed by atoms with Gasteiger partial charge in [-0.25, -0.2) is 13.1 Å². The van der Waals surface area contributed by atoms with Crippen molar-refractivity contribution in [2.24, 2.45) is 5.73 Å². The Kier molecular flexibility index (Phi) is 8.17. The molecule has 22 heavy (non-hydrogen) atoms. The Labute approximate surface area is 138 Å². The molecule has 0 saturated carbocycles. The zero-order valence-corrected chi connectivity index (χ0v) is 15.0. The van der Waals surface area contributed by atoms with Crippen molar-refractivity contribution in [1.29, 1.82) is 0 Å². The second-order valence-electron chi connectivity index (χ2n) is 4.91. The van der Waals surface area contributed by atoms with Gasteiger partial charge in [0.05, 0.1) is 14.2 Å². The number of hydrogen-bond acceptors (Lipinski definition) is 5. The largest absolute Gasteiger partial charge is 0.497 e. The van der Waals surface area contributed by atoms with Crippen LogP contribution in [0.1, 0.15) is 26.7 Å². The van der Waals surface area contributed by atoms with E-state index in [2.05, 4.69) is 4.72 Å². The average molecular weight is 353 g/mol. The third-order valence-corrected chi connectivity index (χ3v) is 5.11. The molecule has 1 rings (SSSR count). The second-order valence-corrected chi connectivity index (χ2v) is 6.65. The fraction of sp³-hybridized carbons (Fsp3) is 0.571. The minimum atomic E-state index is -3.72. The van der Waals surface area contributed by atoms with E-state index >= 15 is 0 Å². The standard InChI is InChI=1S/C14H24N2O4S.ClH/c1-5-14(15,6-2)10-16-21(17,18)13-9-11(19-3)7-8-12(13)20-4;/h7-9,16H,5-6,10,15H2,1-4H3;1H. The number of rotatable bonds is 8. The number of benzene rings is 1. The SMILES string of the molecule is CCC(N)(CC)CNS(=O)(=O)c1cc(OC)ccc1OC.Cl. The summed E-state index contributed by atoms with van der Waals surface area (Å²) in [5.41, 5.74) is 5.57. The van der Waals surface area contributed by atoms with Gasteiger partial charge in [0.2, 0.25) is 10.0 Å². The van der Waals surface area contributed by atoms with Gasteiger partial charge in [-0.3, -0.25) is 0 Å². The highest BCUT2D eigenvalue weighted by Gasteiger charge is 2.26. The highest BCUT2D eigenvalue weighted by Crippen LogP contribution is 2.28. The summed E-state index contributed by atoms with van der Waals surface area (Å²) in [6, 6.07) is 4.63. The lowest BCUT2D eigenvalue weighted by Crippen LogP contribution is -2.49. The van der Waals surface area contributed by atoms with Crippen LogP contribution >= 0.6 is 12.4 Å². The van der Waals surface area contributed by atoms with Gasteiger partial charge in [-0.05, 0) is 25.0 Å². The molecule has 0 atom stereocenters. The summed E-state index contributed by atoms with van der Waals surface area (Å²) in [5, 5.41) is 0. The van der Waals surface area contributed by atoms with Crippen molar-refractivity contribution in [3.8, 4) is 11.5 Å². The number of nitrogens with one attached hydrogen (secondary N) is 1. The van der Waals surface area contributed by atoms with Crippen LogP contribution in [0.25, 0.3) is 0 Å². The van der Waals surface area contributed by atoms with Gasteiger partial charge in [-0.15, -0.1) is 12.4 Å². The van der Waals surface area contributed by atoms with Crippen LogP contribution in [0.5, 0.6) is 11.5 Å². The fourth-order valence-corrected chi connectivity index (χ4v) is 3.13. The van der Waals surface area contributed by atoms with Crippen LogP contribution in [0, 0.1) is 0 Å². The normalized spacial score (nSPS) is 11.7. The predicted molar refractivity (Wildman–Crippen MR) is 89.5 cm³/mol. The molecule has 0 aliphatic heterocycles. The van der Waals surface area contributed by atoms with Gasteiger partial charge in [0, 0.05) is 18.2 Å². The van der Waals surface area contributed by atoms with Crippen molar-refractivity contribution >= 4 is 22.4 Å². The van der Waals surface area contributed by atoms with Gasteiger partial charge in [-0.1, -0.05) is 13.8 Å². The summed E-state index contributed by atoms with van der Waals surface area (Å²) in [6.07, 6.45) is 1.36. The first kappa shape index (κ1) is 21.0. The van der Waals surface area contributed by atoms with Crippen LogP contribution in [0.3, 0.4) is 0 Å². The molecule has 0 amide bonds. The summed E-state index contributed by atoms with van der Waals surface area (Å²) in [6.45, 7) is 4.04. The van der Waals surface area contributed by atoms with E-state index in [9.17, 15) is 8.42 Å². The number of ether oxygens (including phenoxy) is 2. The summed E-state index contributed by atoms with van der Waals surface area (Å²) < 4.78 is 37.6. The van der Waals surface area contributed by atoms with Crippen LogP contribution < -0.4 is 19.9 Å². The van der Waals surface area contributed by atoms with Gasteiger partial charge in [0.15, 0.2) is 0 Å². The molecule has 0 radical (unpaired) electrons. The number of methoxy groups -OCH3 is 2. The number of sulfonamides is 1. The van der Waals surface area contributed by atoms with Gasteiger partial charge < -0.3 is 15.2 Å². The molecule has 8 heteroatoms. The Morgan fingerprint density at radius 1 is 1.18 bits per heavy atom. The highest BCUT2D eigenvalue weighted by atomic mass is 35.5. The fourth-order valence-electron chi connectivity index (χ4n) is 1.81. The molecule has 1 aromatic carbocycles. The molecule has 1 aromatic rings. The maximum absolute atomic E-state index is 12.5. The number of nitrogens with two attached hydrogens (primary N) is 1. The molecule has 0 unspecified atom stereocenters. The van der Waals surface area contributed by atoms with Crippen LogP contribution in [-0.4, -0.2) is 34.7 Å². The average Bonchev–Trinajstić information content (AvgIpc) is 2.52. The zero-order valence-electron chi connectivity index (χ0n) is 13.4. The molecule has 0 heterocycles. The predicted octanol–water partition coefficient (Wildman–Crippen LogP) is 1.92. The van der Waals surface area contributed by atoms with Crippen molar-refractivity contribution in [2.75, 3.05) is 20.8 Å².